The smallest absolute Gasteiger partial charge is 0.156 e. The Morgan fingerprint density at radius 1 is 1.24 bits per heavy atom. The fourth-order valence-electron chi connectivity index (χ4n) is 3.14. The van der Waals surface area contributed by atoms with E-state index in [-0.39, 0.29) is 6.04 Å². The lowest BCUT2D eigenvalue weighted by molar-refractivity contribution is 0.128. The number of aromatic nitrogens is 3. The Hall–Kier alpha value is -2.05. The number of anilines is 1. The number of pyridine rings is 1. The molecule has 6 heteroatoms. The summed E-state index contributed by atoms with van der Waals surface area (Å²) in [4.78, 5) is 13.8. The zero-order valence-electron chi connectivity index (χ0n) is 15.1. The lowest BCUT2D eigenvalue weighted by Gasteiger charge is -2.21. The highest BCUT2D eigenvalue weighted by molar-refractivity contribution is 5.49. The van der Waals surface area contributed by atoms with Gasteiger partial charge >= 0.3 is 0 Å². The summed E-state index contributed by atoms with van der Waals surface area (Å²) < 4.78 is 5.53. The number of ether oxygens (including phenoxy) is 1. The minimum atomic E-state index is 0.184. The molecule has 0 unspecified atom stereocenters. The van der Waals surface area contributed by atoms with Crippen molar-refractivity contribution in [1.82, 2.24) is 20.3 Å². The molecule has 25 heavy (non-hydrogen) atoms. The predicted molar refractivity (Wildman–Crippen MR) is 98.5 cm³/mol. The van der Waals surface area contributed by atoms with E-state index in [1.165, 1.54) is 11.1 Å². The van der Waals surface area contributed by atoms with Crippen LogP contribution in [-0.4, -0.2) is 34.6 Å². The Morgan fingerprint density at radius 2 is 2.12 bits per heavy atom. The summed E-state index contributed by atoms with van der Waals surface area (Å²) in [5.74, 6) is 1.70. The van der Waals surface area contributed by atoms with E-state index in [4.69, 9.17) is 14.7 Å². The molecule has 3 rings (SSSR count). The molecular weight excluding hydrogens is 314 g/mol. The highest BCUT2D eigenvalue weighted by atomic mass is 16.5. The number of hydrogen-bond acceptors (Lipinski definition) is 6. The molecule has 0 aliphatic carbocycles. The Labute approximate surface area is 149 Å². The summed E-state index contributed by atoms with van der Waals surface area (Å²) in [5.41, 5.74) is 3.54. The van der Waals surface area contributed by atoms with Crippen LogP contribution in [0.3, 0.4) is 0 Å². The molecule has 0 saturated heterocycles. The molecule has 0 spiro atoms. The number of nitrogens with zero attached hydrogens (tertiary/aromatic N) is 3. The molecule has 2 N–H and O–H groups in total. The van der Waals surface area contributed by atoms with Gasteiger partial charge < -0.3 is 15.4 Å². The van der Waals surface area contributed by atoms with Gasteiger partial charge in [-0.05, 0) is 37.9 Å². The van der Waals surface area contributed by atoms with Crippen molar-refractivity contribution in [1.29, 1.82) is 0 Å². The van der Waals surface area contributed by atoms with Crippen LogP contribution in [0.25, 0.3) is 0 Å². The summed E-state index contributed by atoms with van der Waals surface area (Å²) in [5, 5.41) is 7.09. The molecule has 0 bridgehead atoms. The van der Waals surface area contributed by atoms with E-state index in [9.17, 15) is 0 Å². The topological polar surface area (TPSA) is 72.0 Å². The molecular formula is C19H27N5O. The number of nitrogens with one attached hydrogen (secondary N) is 2. The highest BCUT2D eigenvalue weighted by Gasteiger charge is 2.19. The third-order valence-corrected chi connectivity index (χ3v) is 4.47. The lowest BCUT2D eigenvalue weighted by Crippen LogP contribution is -2.17. The molecule has 0 fully saturated rings. The molecule has 0 saturated carbocycles. The first kappa shape index (κ1) is 17.8. The van der Waals surface area contributed by atoms with Crippen LogP contribution in [0.15, 0.2) is 24.5 Å². The van der Waals surface area contributed by atoms with Gasteiger partial charge in [-0.2, -0.15) is 0 Å². The normalized spacial score (nSPS) is 15.3. The molecule has 1 aliphatic heterocycles. The predicted octanol–water partition coefficient (Wildman–Crippen LogP) is 2.66. The van der Waals surface area contributed by atoms with Gasteiger partial charge in [-0.25, -0.2) is 9.97 Å². The standard InChI is InChI=1S/C19H27N5O/c1-3-16(14-6-5-9-21-12-14)23-19-15-7-10-20-11-8-17(15)22-18(24-19)13-25-4-2/h5-6,9,12,16,20H,3-4,7-8,10-11,13H2,1-2H3,(H,22,23,24)/t16-/m1/s1. The van der Waals surface area contributed by atoms with E-state index in [2.05, 4.69) is 28.6 Å². The maximum atomic E-state index is 5.53. The van der Waals surface area contributed by atoms with Crippen molar-refractivity contribution in [2.45, 2.75) is 45.8 Å². The van der Waals surface area contributed by atoms with Crippen molar-refractivity contribution in [2.75, 3.05) is 25.0 Å². The number of hydrogen-bond donors (Lipinski definition) is 2. The minimum Gasteiger partial charge on any atom is -0.374 e. The van der Waals surface area contributed by atoms with Crippen molar-refractivity contribution in [3.05, 3.63) is 47.2 Å². The van der Waals surface area contributed by atoms with E-state index < -0.39 is 0 Å². The molecule has 0 amide bonds. The van der Waals surface area contributed by atoms with Gasteiger partial charge in [0, 0.05) is 37.5 Å². The molecule has 6 nitrogen and oxygen atoms in total. The second kappa shape index (κ2) is 8.87. The van der Waals surface area contributed by atoms with Gasteiger partial charge in [-0.1, -0.05) is 13.0 Å². The average Bonchev–Trinajstić information content (AvgIpc) is 2.90. The lowest BCUT2D eigenvalue weighted by atomic mass is 10.0. The molecule has 1 aliphatic rings. The summed E-state index contributed by atoms with van der Waals surface area (Å²) in [6.07, 6.45) is 6.55. The highest BCUT2D eigenvalue weighted by Crippen LogP contribution is 2.26. The quantitative estimate of drug-likeness (QED) is 0.807. The van der Waals surface area contributed by atoms with Crippen molar-refractivity contribution >= 4 is 5.82 Å². The zero-order chi connectivity index (χ0) is 17.5. The van der Waals surface area contributed by atoms with Crippen LogP contribution in [0.1, 0.15) is 49.0 Å². The van der Waals surface area contributed by atoms with Crippen molar-refractivity contribution < 1.29 is 4.74 Å². The van der Waals surface area contributed by atoms with E-state index >= 15 is 0 Å². The van der Waals surface area contributed by atoms with Gasteiger partial charge in [-0.15, -0.1) is 0 Å². The van der Waals surface area contributed by atoms with E-state index in [1.807, 2.05) is 19.2 Å². The van der Waals surface area contributed by atoms with Gasteiger partial charge in [0.15, 0.2) is 5.82 Å². The van der Waals surface area contributed by atoms with Gasteiger partial charge in [-0.3, -0.25) is 4.98 Å². The Balaban J connectivity index is 1.92. The third-order valence-electron chi connectivity index (χ3n) is 4.47. The van der Waals surface area contributed by atoms with Crippen LogP contribution < -0.4 is 10.6 Å². The average molecular weight is 341 g/mol. The number of rotatable bonds is 7. The molecule has 2 aromatic heterocycles. The molecule has 0 radical (unpaired) electrons. The second-order valence-corrected chi connectivity index (χ2v) is 6.19. The third kappa shape index (κ3) is 4.52. The van der Waals surface area contributed by atoms with Gasteiger partial charge in [0.25, 0.3) is 0 Å². The largest absolute Gasteiger partial charge is 0.374 e. The Morgan fingerprint density at radius 3 is 2.88 bits per heavy atom. The van der Waals surface area contributed by atoms with Crippen molar-refractivity contribution in [2.24, 2.45) is 0 Å². The fraction of sp³-hybridized carbons (Fsp3) is 0.526. The van der Waals surface area contributed by atoms with Crippen LogP contribution in [-0.2, 0) is 24.2 Å². The number of fused-ring (bicyclic) bond motifs is 1. The first-order chi connectivity index (χ1) is 12.3. The SMILES string of the molecule is CCOCc1nc2c(c(N[C@H](CC)c3cccnc3)n1)CCNCC2. The molecule has 134 valence electrons. The van der Waals surface area contributed by atoms with E-state index in [0.717, 1.165) is 49.7 Å². The summed E-state index contributed by atoms with van der Waals surface area (Å²) in [6, 6.07) is 4.27. The van der Waals surface area contributed by atoms with Crippen LogP contribution in [0.2, 0.25) is 0 Å². The van der Waals surface area contributed by atoms with Crippen molar-refractivity contribution in [3.8, 4) is 0 Å². The Kier molecular flexibility index (Phi) is 6.30. The monoisotopic (exact) mass is 341 g/mol. The maximum absolute atomic E-state index is 5.53. The van der Waals surface area contributed by atoms with E-state index in [1.54, 1.807) is 6.20 Å². The molecule has 1 atom stereocenters. The molecule has 0 aromatic carbocycles. The summed E-state index contributed by atoms with van der Waals surface area (Å²) >= 11 is 0. The van der Waals surface area contributed by atoms with Gasteiger partial charge in [0.2, 0.25) is 0 Å². The van der Waals surface area contributed by atoms with Crippen LogP contribution >= 0.6 is 0 Å². The summed E-state index contributed by atoms with van der Waals surface area (Å²) in [6.45, 7) is 7.19. The molecule has 2 aromatic rings. The van der Waals surface area contributed by atoms with E-state index in [0.29, 0.717) is 13.2 Å². The van der Waals surface area contributed by atoms with Gasteiger partial charge in [0.05, 0.1) is 11.7 Å². The first-order valence-electron chi connectivity index (χ1n) is 9.15. The first-order valence-corrected chi connectivity index (χ1v) is 9.15. The van der Waals surface area contributed by atoms with Crippen LogP contribution in [0.5, 0.6) is 0 Å². The van der Waals surface area contributed by atoms with Crippen LogP contribution in [0, 0.1) is 0 Å². The minimum absolute atomic E-state index is 0.184. The Bertz CT molecular complexity index is 677. The summed E-state index contributed by atoms with van der Waals surface area (Å²) in [7, 11) is 0. The maximum Gasteiger partial charge on any atom is 0.156 e. The molecule has 3 heterocycles. The zero-order valence-corrected chi connectivity index (χ0v) is 15.1. The second-order valence-electron chi connectivity index (χ2n) is 6.19. The van der Waals surface area contributed by atoms with Crippen LogP contribution in [0.4, 0.5) is 5.82 Å². The van der Waals surface area contributed by atoms with Crippen molar-refractivity contribution in [3.63, 3.8) is 0 Å². The fourth-order valence-corrected chi connectivity index (χ4v) is 3.14. The van der Waals surface area contributed by atoms with Gasteiger partial charge in [0.1, 0.15) is 12.4 Å².